The summed E-state index contributed by atoms with van der Waals surface area (Å²) in [6.45, 7) is 10.0. The number of nitrogens with one attached hydrogen (secondary N) is 2. The number of carboxylic acids is 1. The van der Waals surface area contributed by atoms with E-state index in [1.54, 1.807) is 0 Å². The Morgan fingerprint density at radius 2 is 1.62 bits per heavy atom. The fourth-order valence-electron chi connectivity index (χ4n) is 2.56. The molecule has 0 saturated heterocycles. The summed E-state index contributed by atoms with van der Waals surface area (Å²) in [5, 5.41) is 15.4. The van der Waals surface area contributed by atoms with Crippen LogP contribution in [0.5, 0.6) is 0 Å². The lowest BCUT2D eigenvalue weighted by atomic mass is 10.0. The van der Waals surface area contributed by atoms with Gasteiger partial charge < -0.3 is 15.7 Å². The molecule has 5 nitrogen and oxygen atoms in total. The quantitative estimate of drug-likeness (QED) is 0.648. The van der Waals surface area contributed by atoms with Crippen LogP contribution in [0.25, 0.3) is 0 Å². The van der Waals surface area contributed by atoms with Crippen LogP contribution in [0.1, 0.15) is 45.2 Å². The van der Waals surface area contributed by atoms with Crippen molar-refractivity contribution in [2.75, 3.05) is 0 Å². The van der Waals surface area contributed by atoms with Gasteiger partial charge >= 0.3 is 5.97 Å². The Morgan fingerprint density at radius 1 is 1.04 bits per heavy atom. The lowest BCUT2D eigenvalue weighted by molar-refractivity contribution is -0.142. The molecule has 0 heterocycles. The lowest BCUT2D eigenvalue weighted by Crippen LogP contribution is -2.52. The number of amides is 1. The maximum absolute atomic E-state index is 12.5. The van der Waals surface area contributed by atoms with Gasteiger partial charge in [0.25, 0.3) is 0 Å². The highest BCUT2D eigenvalue weighted by Gasteiger charge is 2.26. The maximum atomic E-state index is 12.5. The molecular formula is C19H30N2O3. The molecule has 134 valence electrons. The predicted molar refractivity (Wildman–Crippen MR) is 96.0 cm³/mol. The first kappa shape index (κ1) is 20.2. The third-order valence-corrected chi connectivity index (χ3v) is 3.73. The van der Waals surface area contributed by atoms with Crippen LogP contribution < -0.4 is 10.6 Å². The minimum Gasteiger partial charge on any atom is -0.480 e. The molecule has 0 aliphatic heterocycles. The standard InChI is InChI=1S/C19H30N2O3/c1-12(2)10-16(20-13(3)4)18(22)21-17(19(23)24)11-15-8-6-14(5)7-9-15/h6-9,12-13,16-17,20H,10-11H2,1-5H3,(H,21,22)(H,23,24)/t16-,17-/m0/s1. The van der Waals surface area contributed by atoms with E-state index in [9.17, 15) is 14.7 Å². The maximum Gasteiger partial charge on any atom is 0.326 e. The third kappa shape index (κ3) is 7.13. The first-order chi connectivity index (χ1) is 11.2. The average molecular weight is 334 g/mol. The molecule has 0 unspecified atom stereocenters. The zero-order valence-corrected chi connectivity index (χ0v) is 15.3. The van der Waals surface area contributed by atoms with Gasteiger partial charge in [-0.1, -0.05) is 57.5 Å². The number of hydrogen-bond donors (Lipinski definition) is 3. The summed E-state index contributed by atoms with van der Waals surface area (Å²) < 4.78 is 0. The number of carbonyl (C=O) groups excluding carboxylic acids is 1. The van der Waals surface area contributed by atoms with Gasteiger partial charge in [0.15, 0.2) is 0 Å². The number of carbonyl (C=O) groups is 2. The van der Waals surface area contributed by atoms with Crippen molar-refractivity contribution in [2.24, 2.45) is 5.92 Å². The van der Waals surface area contributed by atoms with Crippen molar-refractivity contribution in [3.63, 3.8) is 0 Å². The van der Waals surface area contributed by atoms with E-state index in [0.717, 1.165) is 11.1 Å². The minimum atomic E-state index is -1.02. The first-order valence-electron chi connectivity index (χ1n) is 8.53. The number of aryl methyl sites for hydroxylation is 1. The summed E-state index contributed by atoms with van der Waals surface area (Å²) in [4.78, 5) is 24.1. The average Bonchev–Trinajstić information content (AvgIpc) is 2.46. The van der Waals surface area contributed by atoms with E-state index in [1.807, 2.05) is 58.9 Å². The molecule has 0 saturated carbocycles. The Morgan fingerprint density at radius 3 is 2.08 bits per heavy atom. The van der Waals surface area contributed by atoms with Gasteiger partial charge in [0.05, 0.1) is 6.04 Å². The highest BCUT2D eigenvalue weighted by Crippen LogP contribution is 2.09. The third-order valence-electron chi connectivity index (χ3n) is 3.73. The van der Waals surface area contributed by atoms with Gasteiger partial charge in [-0.2, -0.15) is 0 Å². The second-order valence-corrected chi connectivity index (χ2v) is 7.09. The number of carboxylic acid groups (broad SMARTS) is 1. The van der Waals surface area contributed by atoms with Crippen molar-refractivity contribution in [1.29, 1.82) is 0 Å². The first-order valence-corrected chi connectivity index (χ1v) is 8.53. The highest BCUT2D eigenvalue weighted by molar-refractivity contribution is 5.87. The summed E-state index contributed by atoms with van der Waals surface area (Å²) in [5.74, 6) is -0.930. The number of rotatable bonds is 9. The Balaban J connectivity index is 2.79. The van der Waals surface area contributed by atoms with Crippen molar-refractivity contribution in [2.45, 2.75) is 65.6 Å². The molecule has 1 amide bonds. The molecular weight excluding hydrogens is 304 g/mol. The molecule has 0 fully saturated rings. The van der Waals surface area contributed by atoms with Crippen LogP contribution in [0.2, 0.25) is 0 Å². The predicted octanol–water partition coefficient (Wildman–Crippen LogP) is 2.52. The molecule has 24 heavy (non-hydrogen) atoms. The van der Waals surface area contributed by atoms with E-state index >= 15 is 0 Å². The van der Waals surface area contributed by atoms with Crippen LogP contribution in [0.15, 0.2) is 24.3 Å². The Hall–Kier alpha value is -1.88. The van der Waals surface area contributed by atoms with E-state index in [1.165, 1.54) is 0 Å². The molecule has 1 rings (SSSR count). The molecule has 0 aliphatic carbocycles. The molecule has 0 bridgehead atoms. The molecule has 2 atom stereocenters. The number of aliphatic carboxylic acids is 1. The van der Waals surface area contributed by atoms with Crippen molar-refractivity contribution >= 4 is 11.9 Å². The fraction of sp³-hybridized carbons (Fsp3) is 0.579. The van der Waals surface area contributed by atoms with E-state index in [0.29, 0.717) is 12.3 Å². The normalized spacial score (nSPS) is 13.8. The molecule has 3 N–H and O–H groups in total. The van der Waals surface area contributed by atoms with E-state index in [4.69, 9.17) is 0 Å². The molecule has 1 aromatic rings. The lowest BCUT2D eigenvalue weighted by Gasteiger charge is -2.24. The largest absolute Gasteiger partial charge is 0.480 e. The zero-order chi connectivity index (χ0) is 18.3. The van der Waals surface area contributed by atoms with Crippen LogP contribution in [0.4, 0.5) is 0 Å². The fourth-order valence-corrected chi connectivity index (χ4v) is 2.56. The summed E-state index contributed by atoms with van der Waals surface area (Å²) >= 11 is 0. The summed E-state index contributed by atoms with van der Waals surface area (Å²) in [6, 6.07) is 6.52. The summed E-state index contributed by atoms with van der Waals surface area (Å²) in [6.07, 6.45) is 0.943. The van der Waals surface area contributed by atoms with Gasteiger partial charge in [0.2, 0.25) is 5.91 Å². The molecule has 0 aromatic heterocycles. The van der Waals surface area contributed by atoms with Gasteiger partial charge in [-0.25, -0.2) is 4.79 Å². The van der Waals surface area contributed by atoms with E-state index in [-0.39, 0.29) is 24.4 Å². The van der Waals surface area contributed by atoms with Gasteiger partial charge in [0.1, 0.15) is 6.04 Å². The van der Waals surface area contributed by atoms with Gasteiger partial charge in [-0.3, -0.25) is 4.79 Å². The van der Waals surface area contributed by atoms with Crippen LogP contribution in [0, 0.1) is 12.8 Å². The van der Waals surface area contributed by atoms with Crippen LogP contribution in [0.3, 0.4) is 0 Å². The zero-order valence-electron chi connectivity index (χ0n) is 15.3. The molecule has 1 aromatic carbocycles. The molecule has 0 aliphatic rings. The van der Waals surface area contributed by atoms with Crippen molar-refractivity contribution in [3.05, 3.63) is 35.4 Å². The summed E-state index contributed by atoms with van der Waals surface area (Å²) in [7, 11) is 0. The number of hydrogen-bond acceptors (Lipinski definition) is 3. The van der Waals surface area contributed by atoms with Crippen molar-refractivity contribution in [3.8, 4) is 0 Å². The monoisotopic (exact) mass is 334 g/mol. The summed E-state index contributed by atoms with van der Waals surface area (Å²) in [5.41, 5.74) is 2.01. The Labute approximate surface area is 144 Å². The van der Waals surface area contributed by atoms with Crippen molar-refractivity contribution < 1.29 is 14.7 Å². The highest BCUT2D eigenvalue weighted by atomic mass is 16.4. The van der Waals surface area contributed by atoms with Crippen LogP contribution >= 0.6 is 0 Å². The smallest absolute Gasteiger partial charge is 0.326 e. The molecule has 0 radical (unpaired) electrons. The molecule has 5 heteroatoms. The minimum absolute atomic E-state index is 0.153. The second-order valence-electron chi connectivity index (χ2n) is 7.09. The van der Waals surface area contributed by atoms with Gasteiger partial charge in [-0.15, -0.1) is 0 Å². The Bertz CT molecular complexity index is 528. The van der Waals surface area contributed by atoms with Gasteiger partial charge in [-0.05, 0) is 24.8 Å². The van der Waals surface area contributed by atoms with Crippen LogP contribution in [-0.4, -0.2) is 35.1 Å². The number of benzene rings is 1. The van der Waals surface area contributed by atoms with E-state index in [2.05, 4.69) is 10.6 Å². The topological polar surface area (TPSA) is 78.4 Å². The second kappa shape index (κ2) is 9.42. The Kier molecular flexibility index (Phi) is 7.92. The SMILES string of the molecule is Cc1ccc(C[C@H](NC(=O)[C@H](CC(C)C)NC(C)C)C(=O)O)cc1. The van der Waals surface area contributed by atoms with Crippen molar-refractivity contribution in [1.82, 2.24) is 10.6 Å². The van der Waals surface area contributed by atoms with E-state index < -0.39 is 12.0 Å². The molecule has 0 spiro atoms. The van der Waals surface area contributed by atoms with Crippen LogP contribution in [-0.2, 0) is 16.0 Å². The van der Waals surface area contributed by atoms with Gasteiger partial charge in [0, 0.05) is 12.5 Å².